The second-order valence-corrected chi connectivity index (χ2v) is 6.18. The van der Waals surface area contributed by atoms with Crippen molar-refractivity contribution in [1.29, 1.82) is 0 Å². The molecular weight excluding hydrogens is 290 g/mol. The highest BCUT2D eigenvalue weighted by Gasteiger charge is 2.28. The number of nitro groups is 1. The van der Waals surface area contributed by atoms with E-state index in [4.69, 9.17) is 0 Å². The molecule has 0 spiro atoms. The lowest BCUT2D eigenvalue weighted by Gasteiger charge is -2.29. The lowest BCUT2D eigenvalue weighted by molar-refractivity contribution is -0.389. The van der Waals surface area contributed by atoms with Crippen LogP contribution >= 0.6 is 11.3 Å². The van der Waals surface area contributed by atoms with Gasteiger partial charge in [-0.25, -0.2) is 0 Å². The minimum atomic E-state index is -0.326. The largest absolute Gasteiger partial charge is 0.373 e. The van der Waals surface area contributed by atoms with Crippen molar-refractivity contribution in [3.05, 3.63) is 21.7 Å². The van der Waals surface area contributed by atoms with E-state index in [9.17, 15) is 10.1 Å². The molecule has 0 radical (unpaired) electrons. The summed E-state index contributed by atoms with van der Waals surface area (Å²) in [7, 11) is 0. The zero-order valence-electron chi connectivity index (χ0n) is 12.0. The van der Waals surface area contributed by atoms with Crippen LogP contribution in [0.15, 0.2) is 11.6 Å². The number of rotatable bonds is 5. The Kier molecular flexibility index (Phi) is 4.07. The Hall–Kier alpha value is -1.67. The monoisotopic (exact) mass is 309 g/mol. The molecule has 8 heteroatoms. The Morgan fingerprint density at radius 3 is 3.00 bits per heavy atom. The number of nitrogens with zero attached hydrogens (tertiary/aromatic N) is 4. The zero-order chi connectivity index (χ0) is 14.8. The van der Waals surface area contributed by atoms with Gasteiger partial charge in [0.2, 0.25) is 5.82 Å². The van der Waals surface area contributed by atoms with Crippen molar-refractivity contribution in [2.24, 2.45) is 5.92 Å². The molecule has 1 saturated heterocycles. The summed E-state index contributed by atoms with van der Waals surface area (Å²) in [5.41, 5.74) is 0. The lowest BCUT2D eigenvalue weighted by Crippen LogP contribution is -2.36. The van der Waals surface area contributed by atoms with Crippen molar-refractivity contribution < 1.29 is 4.92 Å². The fourth-order valence-electron chi connectivity index (χ4n) is 2.89. The highest BCUT2D eigenvalue weighted by molar-refractivity contribution is 7.15. The first kappa shape index (κ1) is 14.3. The molecular formula is C13H19N5O2S. The number of piperidine rings is 1. The Morgan fingerprint density at radius 1 is 1.57 bits per heavy atom. The van der Waals surface area contributed by atoms with E-state index < -0.39 is 0 Å². The number of thiazole rings is 1. The molecule has 0 amide bonds. The van der Waals surface area contributed by atoms with Crippen LogP contribution in [0.4, 0.5) is 11.6 Å². The molecule has 7 nitrogen and oxygen atoms in total. The Bertz CT molecular complexity index is 632. The standard InChI is InChI=1S/C13H19N5O2S/c1-2-16(9-10-3-5-14-6-4-10)11-12(18(19)20)17-7-8-21-13(17)15-11/h7-8,10,14H,2-6,9H2,1H3. The third-order valence-corrected chi connectivity index (χ3v) is 4.77. The first-order valence-corrected chi connectivity index (χ1v) is 8.14. The number of fused-ring (bicyclic) bond motifs is 1. The molecule has 1 fully saturated rings. The number of imidazole rings is 1. The number of hydrogen-bond acceptors (Lipinski definition) is 6. The fraction of sp³-hybridized carbons (Fsp3) is 0.615. The summed E-state index contributed by atoms with van der Waals surface area (Å²) in [4.78, 5) is 18.3. The van der Waals surface area contributed by atoms with Crippen molar-refractivity contribution in [2.75, 3.05) is 31.1 Å². The van der Waals surface area contributed by atoms with E-state index in [1.807, 2.05) is 17.2 Å². The Balaban J connectivity index is 1.90. The van der Waals surface area contributed by atoms with Crippen LogP contribution in [0, 0.1) is 16.0 Å². The topological polar surface area (TPSA) is 75.7 Å². The molecule has 0 unspecified atom stereocenters. The van der Waals surface area contributed by atoms with E-state index in [1.54, 1.807) is 10.6 Å². The highest BCUT2D eigenvalue weighted by atomic mass is 32.1. The summed E-state index contributed by atoms with van der Waals surface area (Å²) in [5.74, 6) is 1.17. The molecule has 0 atom stereocenters. The smallest absolute Gasteiger partial charge is 0.358 e. The van der Waals surface area contributed by atoms with Gasteiger partial charge in [-0.15, -0.1) is 0 Å². The second kappa shape index (κ2) is 5.98. The minimum absolute atomic E-state index is 0.0852. The van der Waals surface area contributed by atoms with Crippen molar-refractivity contribution in [3.8, 4) is 0 Å². The van der Waals surface area contributed by atoms with Crippen LogP contribution < -0.4 is 10.2 Å². The third-order valence-electron chi connectivity index (χ3n) is 4.01. The number of nitrogens with one attached hydrogen (secondary N) is 1. The normalized spacial score (nSPS) is 16.4. The quantitative estimate of drug-likeness (QED) is 0.676. The van der Waals surface area contributed by atoms with Gasteiger partial charge in [0.25, 0.3) is 4.96 Å². The van der Waals surface area contributed by atoms with Gasteiger partial charge in [0.1, 0.15) is 6.20 Å². The van der Waals surface area contributed by atoms with E-state index in [0.717, 1.165) is 39.0 Å². The van der Waals surface area contributed by atoms with E-state index >= 15 is 0 Å². The minimum Gasteiger partial charge on any atom is -0.358 e. The molecule has 1 aliphatic heterocycles. The Morgan fingerprint density at radius 2 is 2.33 bits per heavy atom. The highest BCUT2D eigenvalue weighted by Crippen LogP contribution is 2.32. The van der Waals surface area contributed by atoms with E-state index in [0.29, 0.717) is 16.7 Å². The van der Waals surface area contributed by atoms with Crippen LogP contribution in [0.5, 0.6) is 0 Å². The summed E-state index contributed by atoms with van der Waals surface area (Å²) >= 11 is 1.42. The molecule has 3 heterocycles. The molecule has 2 aromatic rings. The predicted molar refractivity (Wildman–Crippen MR) is 83.2 cm³/mol. The maximum Gasteiger partial charge on any atom is 0.373 e. The number of anilines is 1. The van der Waals surface area contributed by atoms with Crippen LogP contribution in [0.3, 0.4) is 0 Å². The maximum absolute atomic E-state index is 11.4. The van der Waals surface area contributed by atoms with Crippen LogP contribution in [0.2, 0.25) is 0 Å². The average Bonchev–Trinajstić information content (AvgIpc) is 3.05. The van der Waals surface area contributed by atoms with Crippen LogP contribution in [-0.4, -0.2) is 40.5 Å². The van der Waals surface area contributed by atoms with E-state index in [1.165, 1.54) is 11.3 Å². The lowest BCUT2D eigenvalue weighted by atomic mass is 9.97. The Labute approximate surface area is 126 Å². The van der Waals surface area contributed by atoms with Gasteiger partial charge in [-0.05, 0) is 43.7 Å². The maximum atomic E-state index is 11.4. The summed E-state index contributed by atoms with van der Waals surface area (Å²) in [6.07, 6.45) is 3.95. The van der Waals surface area contributed by atoms with Gasteiger partial charge in [-0.2, -0.15) is 9.38 Å². The molecule has 2 aromatic heterocycles. The molecule has 0 bridgehead atoms. The van der Waals surface area contributed by atoms with Crippen molar-refractivity contribution >= 4 is 27.9 Å². The first-order chi connectivity index (χ1) is 10.2. The molecule has 0 saturated carbocycles. The average molecular weight is 309 g/mol. The van der Waals surface area contributed by atoms with Crippen LogP contribution in [-0.2, 0) is 0 Å². The van der Waals surface area contributed by atoms with Gasteiger partial charge in [-0.1, -0.05) is 11.3 Å². The first-order valence-electron chi connectivity index (χ1n) is 7.26. The zero-order valence-corrected chi connectivity index (χ0v) is 12.8. The van der Waals surface area contributed by atoms with Gasteiger partial charge >= 0.3 is 5.82 Å². The summed E-state index contributed by atoms with van der Waals surface area (Å²) in [6, 6.07) is 0. The molecule has 1 N–H and O–H groups in total. The SMILES string of the molecule is CCN(CC1CCNCC1)c1nc2sccn2c1[N+](=O)[O-]. The molecule has 3 rings (SSSR count). The molecule has 0 aliphatic carbocycles. The van der Waals surface area contributed by atoms with Crippen LogP contribution in [0.1, 0.15) is 19.8 Å². The van der Waals surface area contributed by atoms with Crippen molar-refractivity contribution in [2.45, 2.75) is 19.8 Å². The second-order valence-electron chi connectivity index (χ2n) is 5.30. The number of hydrogen-bond donors (Lipinski definition) is 1. The molecule has 114 valence electrons. The van der Waals surface area contributed by atoms with E-state index in [-0.39, 0.29) is 10.7 Å². The van der Waals surface area contributed by atoms with Gasteiger partial charge in [0.15, 0.2) is 0 Å². The van der Waals surface area contributed by atoms with Crippen molar-refractivity contribution in [3.63, 3.8) is 0 Å². The van der Waals surface area contributed by atoms with Gasteiger partial charge < -0.3 is 20.3 Å². The summed E-state index contributed by atoms with van der Waals surface area (Å²) < 4.78 is 1.57. The summed E-state index contributed by atoms with van der Waals surface area (Å²) in [6.45, 7) is 5.66. The van der Waals surface area contributed by atoms with Crippen LogP contribution in [0.25, 0.3) is 4.96 Å². The van der Waals surface area contributed by atoms with Gasteiger partial charge in [-0.3, -0.25) is 0 Å². The predicted octanol–water partition coefficient (Wildman–Crippen LogP) is 2.13. The fourth-order valence-corrected chi connectivity index (χ4v) is 3.59. The van der Waals surface area contributed by atoms with E-state index in [2.05, 4.69) is 10.3 Å². The summed E-state index contributed by atoms with van der Waals surface area (Å²) in [5, 5.41) is 16.6. The molecule has 0 aromatic carbocycles. The number of aromatic nitrogens is 2. The molecule has 21 heavy (non-hydrogen) atoms. The molecule has 1 aliphatic rings. The third kappa shape index (κ3) is 2.73. The van der Waals surface area contributed by atoms with Gasteiger partial charge in [0.05, 0.1) is 0 Å². The van der Waals surface area contributed by atoms with Crippen molar-refractivity contribution in [1.82, 2.24) is 14.7 Å². The van der Waals surface area contributed by atoms with Gasteiger partial charge in [0, 0.05) is 18.5 Å².